The number of benzene rings is 1. The Morgan fingerprint density at radius 1 is 1.06 bits per heavy atom. The number of ether oxygens (including phenoxy) is 2. The molecule has 1 aromatic heterocycles. The summed E-state index contributed by atoms with van der Waals surface area (Å²) in [4.78, 5) is 42.6. The van der Waals surface area contributed by atoms with Gasteiger partial charge in [0, 0.05) is 42.7 Å². The van der Waals surface area contributed by atoms with Crippen molar-refractivity contribution in [1.29, 1.82) is 0 Å². The highest BCUT2D eigenvalue weighted by atomic mass is 16.6. The molecule has 0 saturated carbocycles. The van der Waals surface area contributed by atoms with Gasteiger partial charge in [0.1, 0.15) is 41.9 Å². The van der Waals surface area contributed by atoms with Crippen molar-refractivity contribution < 1.29 is 19.1 Å². The molecule has 3 N–H and O–H groups in total. The Morgan fingerprint density at radius 3 is 2.49 bits per heavy atom. The number of aliphatic imine (C=N–C) groups is 1. The van der Waals surface area contributed by atoms with Crippen LogP contribution in [0.5, 0.6) is 0 Å². The number of rotatable bonds is 9. The number of carbonyl (C=O) groups is 2. The topological polar surface area (TPSA) is 130 Å². The Bertz CT molecular complexity index is 1400. The maximum absolute atomic E-state index is 13.1. The van der Waals surface area contributed by atoms with E-state index < -0.39 is 23.7 Å². The van der Waals surface area contributed by atoms with Crippen molar-refractivity contribution in [3.05, 3.63) is 59.4 Å². The molecule has 5 rings (SSSR count). The largest absolute Gasteiger partial charge is 0.458 e. The molecule has 0 aliphatic carbocycles. The Balaban J connectivity index is 0.00000245. The maximum Gasteiger partial charge on any atom is 0.408 e. The minimum absolute atomic E-state index is 0.0660. The molecule has 3 atom stereocenters. The lowest BCUT2D eigenvalue weighted by Crippen LogP contribution is -2.48. The number of esters is 1. The fourth-order valence-corrected chi connectivity index (χ4v) is 6.06. The molecule has 11 nitrogen and oxygen atoms in total. The van der Waals surface area contributed by atoms with Crippen LogP contribution >= 0.6 is 0 Å². The number of nitrogens with one attached hydrogen (secondary N) is 3. The smallest absolute Gasteiger partial charge is 0.408 e. The van der Waals surface area contributed by atoms with E-state index in [0.717, 1.165) is 49.4 Å². The summed E-state index contributed by atoms with van der Waals surface area (Å²) < 4.78 is 11.0. The third kappa shape index (κ3) is 10.2. The monoisotopic (exact) mass is 647 g/mol. The highest BCUT2D eigenvalue weighted by molar-refractivity contribution is 5.97. The van der Waals surface area contributed by atoms with Gasteiger partial charge in [-0.15, -0.1) is 0 Å². The Morgan fingerprint density at radius 2 is 1.79 bits per heavy atom. The zero-order valence-corrected chi connectivity index (χ0v) is 29.1. The fraction of sp³-hybridized carbons (Fsp3) is 0.583. The first-order chi connectivity index (χ1) is 22.6. The summed E-state index contributed by atoms with van der Waals surface area (Å²) in [6.45, 7) is 16.1. The number of alkyl carbamates (subject to hydrolysis) is 1. The molecule has 0 spiro atoms. The second kappa shape index (κ2) is 16.7. The Kier molecular flexibility index (Phi) is 12.8. The molecule has 3 aliphatic rings. The Hall–Kier alpha value is -3.99. The Labute approximate surface area is 280 Å². The van der Waals surface area contributed by atoms with Crippen LogP contribution in [0.15, 0.2) is 47.5 Å². The van der Waals surface area contributed by atoms with Crippen LogP contribution in [0.25, 0.3) is 0 Å². The molecule has 256 valence electrons. The lowest BCUT2D eigenvalue weighted by Gasteiger charge is -2.36. The summed E-state index contributed by atoms with van der Waals surface area (Å²) in [5.41, 5.74) is 2.23. The number of dihydropyridines is 1. The number of carbonyl (C=O) groups excluding carboxylic acids is 2. The number of fused-ring (bicyclic) bond motifs is 1. The van der Waals surface area contributed by atoms with Crippen LogP contribution < -0.4 is 20.9 Å². The van der Waals surface area contributed by atoms with E-state index in [0.29, 0.717) is 23.5 Å². The molecule has 47 heavy (non-hydrogen) atoms. The van der Waals surface area contributed by atoms with Crippen molar-refractivity contribution in [2.24, 2.45) is 16.8 Å². The van der Waals surface area contributed by atoms with Gasteiger partial charge in [0.2, 0.25) is 0 Å². The van der Waals surface area contributed by atoms with Crippen molar-refractivity contribution >= 4 is 29.4 Å². The summed E-state index contributed by atoms with van der Waals surface area (Å²) in [6, 6.07) is 8.38. The van der Waals surface area contributed by atoms with Gasteiger partial charge < -0.3 is 25.0 Å². The van der Waals surface area contributed by atoms with Crippen molar-refractivity contribution in [2.45, 2.75) is 98.6 Å². The standard InChI is InChI=1S/C34H47N7O4.C2H6/c1-22-29(36-20-28(32(42)45-34(3,4)5)40-33(43)44-21-24-10-7-6-8-11-24)37-23(2)38-31(22)41-18-15-25(16-19-41)27-14-13-26-12-9-17-35-30(26)39-27;1-2/h6-8,10-11,13-14,25-26,28,30,35H,9,12,15-21H2,1-5H3,(H,40,43)(H,36,37,38);1-2H3. The van der Waals surface area contributed by atoms with Gasteiger partial charge in [0.15, 0.2) is 0 Å². The van der Waals surface area contributed by atoms with Gasteiger partial charge in [0.25, 0.3) is 0 Å². The van der Waals surface area contributed by atoms with E-state index in [2.05, 4.69) is 38.0 Å². The minimum atomic E-state index is -0.996. The molecule has 2 saturated heterocycles. The SMILES string of the molecule is CC.Cc1nc(NCC(NC(=O)OCc2ccccc2)C(=O)OC(C)(C)C)c(C)c(N2CCC(C3=NC4NCCCC4C=C3)CC2)n1. The van der Waals surface area contributed by atoms with Crippen LogP contribution in [0.2, 0.25) is 0 Å². The van der Waals surface area contributed by atoms with Crippen LogP contribution in [0, 0.1) is 25.7 Å². The van der Waals surface area contributed by atoms with Gasteiger partial charge in [-0.05, 0) is 78.5 Å². The van der Waals surface area contributed by atoms with Crippen LogP contribution in [0.4, 0.5) is 16.4 Å². The van der Waals surface area contributed by atoms with Gasteiger partial charge in [-0.2, -0.15) is 0 Å². The molecule has 1 amide bonds. The second-order valence-electron chi connectivity index (χ2n) is 13.1. The lowest BCUT2D eigenvalue weighted by molar-refractivity contribution is -0.156. The molecule has 0 radical (unpaired) electrons. The predicted octanol–water partition coefficient (Wildman–Crippen LogP) is 5.72. The highest BCUT2D eigenvalue weighted by Crippen LogP contribution is 2.31. The van der Waals surface area contributed by atoms with E-state index >= 15 is 0 Å². The van der Waals surface area contributed by atoms with Crippen molar-refractivity contribution in [3.63, 3.8) is 0 Å². The average Bonchev–Trinajstić information content (AvgIpc) is 3.07. The summed E-state index contributed by atoms with van der Waals surface area (Å²) in [5, 5.41) is 9.53. The van der Waals surface area contributed by atoms with E-state index in [1.165, 1.54) is 18.6 Å². The van der Waals surface area contributed by atoms with E-state index in [1.807, 2.05) is 58.0 Å². The average molecular weight is 648 g/mol. The molecular weight excluding hydrogens is 594 g/mol. The van der Waals surface area contributed by atoms with Gasteiger partial charge in [-0.25, -0.2) is 19.6 Å². The normalized spacial score (nSPS) is 20.1. The molecule has 1 aromatic carbocycles. The molecule has 3 unspecified atom stereocenters. The molecular formula is C36H53N7O4. The van der Waals surface area contributed by atoms with E-state index in [4.69, 9.17) is 19.5 Å². The first-order valence-electron chi connectivity index (χ1n) is 17.1. The number of piperidine rings is 2. The molecule has 11 heteroatoms. The van der Waals surface area contributed by atoms with Crippen molar-refractivity contribution in [2.75, 3.05) is 36.4 Å². The third-order valence-electron chi connectivity index (χ3n) is 8.39. The van der Waals surface area contributed by atoms with Crippen molar-refractivity contribution in [3.8, 4) is 0 Å². The highest BCUT2D eigenvalue weighted by Gasteiger charge is 2.31. The number of amides is 1. The number of aryl methyl sites for hydroxylation is 1. The van der Waals surface area contributed by atoms with Crippen LogP contribution in [0.3, 0.4) is 0 Å². The van der Waals surface area contributed by atoms with Crippen LogP contribution in [-0.4, -0.2) is 71.7 Å². The number of anilines is 2. The van der Waals surface area contributed by atoms with Gasteiger partial charge in [-0.3, -0.25) is 10.3 Å². The van der Waals surface area contributed by atoms with E-state index in [9.17, 15) is 9.59 Å². The molecule has 2 fully saturated rings. The summed E-state index contributed by atoms with van der Waals surface area (Å²) in [5.74, 6) is 2.50. The zero-order chi connectivity index (χ0) is 34.0. The summed E-state index contributed by atoms with van der Waals surface area (Å²) >= 11 is 0. The van der Waals surface area contributed by atoms with Crippen LogP contribution in [-0.2, 0) is 20.9 Å². The van der Waals surface area contributed by atoms with Gasteiger partial charge >= 0.3 is 12.1 Å². The molecule has 3 aliphatic heterocycles. The number of hydrogen-bond acceptors (Lipinski definition) is 10. The second-order valence-corrected chi connectivity index (χ2v) is 13.1. The molecule has 4 heterocycles. The lowest BCUT2D eigenvalue weighted by atomic mass is 9.86. The number of allylic oxidation sites excluding steroid dienone is 1. The molecule has 0 bridgehead atoms. The fourth-order valence-electron chi connectivity index (χ4n) is 6.06. The van der Waals surface area contributed by atoms with Crippen molar-refractivity contribution in [1.82, 2.24) is 20.6 Å². The number of nitrogens with zero attached hydrogens (tertiary/aromatic N) is 4. The molecule has 2 aromatic rings. The van der Waals surface area contributed by atoms with E-state index in [1.54, 1.807) is 20.8 Å². The number of hydrogen-bond donors (Lipinski definition) is 3. The third-order valence-corrected chi connectivity index (χ3v) is 8.39. The first-order valence-corrected chi connectivity index (χ1v) is 17.1. The summed E-state index contributed by atoms with van der Waals surface area (Å²) in [6.07, 6.45) is 8.54. The quantitative estimate of drug-likeness (QED) is 0.293. The van der Waals surface area contributed by atoms with Gasteiger partial charge in [-0.1, -0.05) is 50.3 Å². The zero-order valence-electron chi connectivity index (χ0n) is 29.1. The van der Waals surface area contributed by atoms with Gasteiger partial charge in [0.05, 0.1) is 0 Å². The predicted molar refractivity (Wildman–Crippen MR) is 187 cm³/mol. The minimum Gasteiger partial charge on any atom is -0.458 e. The summed E-state index contributed by atoms with van der Waals surface area (Å²) in [7, 11) is 0. The van der Waals surface area contributed by atoms with Crippen LogP contribution in [0.1, 0.15) is 77.3 Å². The van der Waals surface area contributed by atoms with E-state index in [-0.39, 0.29) is 19.3 Å². The number of aromatic nitrogens is 2. The maximum atomic E-state index is 13.1. The first kappa shape index (κ1) is 35.9.